The van der Waals surface area contributed by atoms with Gasteiger partial charge in [0.2, 0.25) is 0 Å². The summed E-state index contributed by atoms with van der Waals surface area (Å²) in [6, 6.07) is 0. The molecule has 0 aromatic heterocycles. The van der Waals surface area contributed by atoms with E-state index in [-0.39, 0.29) is 6.10 Å². The lowest BCUT2D eigenvalue weighted by molar-refractivity contribution is 0.121. The van der Waals surface area contributed by atoms with Crippen LogP contribution in [-0.2, 0) is 0 Å². The summed E-state index contributed by atoms with van der Waals surface area (Å²) in [6.07, 6.45) is 8.35. The smallest absolute Gasteiger partial charge is 0.0600 e. The monoisotopic (exact) mass is 170 g/mol. The summed E-state index contributed by atoms with van der Waals surface area (Å²) in [6.45, 7) is 6.32. The third-order valence-electron chi connectivity index (χ3n) is 2.15. The zero-order valence-electron chi connectivity index (χ0n) is 8.59. The molecule has 1 nitrogen and oxygen atoms in total. The molecule has 0 saturated carbocycles. The summed E-state index contributed by atoms with van der Waals surface area (Å²) in [4.78, 5) is 0. The number of hydrogen-bond acceptors (Lipinski definition) is 1. The van der Waals surface area contributed by atoms with Crippen molar-refractivity contribution in [3.8, 4) is 0 Å². The van der Waals surface area contributed by atoms with E-state index in [9.17, 15) is 5.11 Å². The number of hydrogen-bond donors (Lipinski definition) is 1. The van der Waals surface area contributed by atoms with Crippen molar-refractivity contribution < 1.29 is 5.11 Å². The van der Waals surface area contributed by atoms with Gasteiger partial charge in [0, 0.05) is 5.92 Å². The van der Waals surface area contributed by atoms with Crippen LogP contribution in [-0.4, -0.2) is 11.2 Å². The summed E-state index contributed by atoms with van der Waals surface area (Å²) in [5.74, 6) is 0.375. The first-order chi connectivity index (χ1) is 5.76. The topological polar surface area (TPSA) is 20.2 Å². The summed E-state index contributed by atoms with van der Waals surface area (Å²) in [7, 11) is 0. The number of rotatable bonds is 6. The Labute approximate surface area is 76.5 Å². The molecule has 0 aromatic carbocycles. The zero-order chi connectivity index (χ0) is 9.40. The molecule has 0 radical (unpaired) electrons. The van der Waals surface area contributed by atoms with Crippen molar-refractivity contribution in [3.05, 3.63) is 12.2 Å². The second kappa shape index (κ2) is 7.35. The molecule has 0 fully saturated rings. The van der Waals surface area contributed by atoms with E-state index < -0.39 is 0 Å². The first-order valence-electron chi connectivity index (χ1n) is 5.10. The Morgan fingerprint density at radius 1 is 1.25 bits per heavy atom. The summed E-state index contributed by atoms with van der Waals surface area (Å²) in [5, 5.41) is 9.62. The minimum Gasteiger partial charge on any atom is -0.393 e. The molecule has 0 amide bonds. The van der Waals surface area contributed by atoms with Crippen molar-refractivity contribution in [1.82, 2.24) is 0 Å². The normalized spacial score (nSPS) is 16.7. The molecular formula is C11H22O. The van der Waals surface area contributed by atoms with Gasteiger partial charge < -0.3 is 5.11 Å². The summed E-state index contributed by atoms with van der Waals surface area (Å²) < 4.78 is 0. The lowest BCUT2D eigenvalue weighted by Gasteiger charge is -2.17. The Morgan fingerprint density at radius 2 is 1.92 bits per heavy atom. The molecule has 0 rings (SSSR count). The van der Waals surface area contributed by atoms with Gasteiger partial charge in [0.05, 0.1) is 6.10 Å². The van der Waals surface area contributed by atoms with Gasteiger partial charge in [-0.2, -0.15) is 0 Å². The molecule has 2 atom stereocenters. The molecule has 0 aliphatic heterocycles. The van der Waals surface area contributed by atoms with Crippen molar-refractivity contribution in [2.75, 3.05) is 0 Å². The second-order valence-electron chi connectivity index (χ2n) is 3.26. The van der Waals surface area contributed by atoms with Crippen LogP contribution in [0.25, 0.3) is 0 Å². The van der Waals surface area contributed by atoms with E-state index in [0.29, 0.717) is 5.92 Å². The van der Waals surface area contributed by atoms with Crippen LogP contribution in [0.3, 0.4) is 0 Å². The molecule has 0 spiro atoms. The predicted octanol–water partition coefficient (Wildman–Crippen LogP) is 3.14. The first kappa shape index (κ1) is 11.7. The fourth-order valence-corrected chi connectivity index (χ4v) is 1.36. The van der Waals surface area contributed by atoms with Gasteiger partial charge in [-0.15, -0.1) is 0 Å². The minimum absolute atomic E-state index is 0.146. The molecule has 1 heteroatoms. The quantitative estimate of drug-likeness (QED) is 0.607. The molecule has 0 aromatic rings. The van der Waals surface area contributed by atoms with Gasteiger partial charge in [0.1, 0.15) is 0 Å². The Balaban J connectivity index is 3.93. The lowest BCUT2D eigenvalue weighted by Crippen LogP contribution is -2.17. The highest BCUT2D eigenvalue weighted by Gasteiger charge is 2.12. The third-order valence-corrected chi connectivity index (χ3v) is 2.15. The van der Waals surface area contributed by atoms with E-state index in [1.54, 1.807) is 0 Å². The molecule has 0 aliphatic carbocycles. The second-order valence-corrected chi connectivity index (χ2v) is 3.26. The van der Waals surface area contributed by atoms with E-state index in [4.69, 9.17) is 0 Å². The maximum atomic E-state index is 9.62. The predicted molar refractivity (Wildman–Crippen MR) is 54.1 cm³/mol. The molecule has 72 valence electrons. The van der Waals surface area contributed by atoms with Crippen LogP contribution in [0.5, 0.6) is 0 Å². The average Bonchev–Trinajstić information content (AvgIpc) is 2.11. The van der Waals surface area contributed by atoms with Crippen molar-refractivity contribution in [2.45, 2.75) is 52.6 Å². The van der Waals surface area contributed by atoms with Gasteiger partial charge in [-0.25, -0.2) is 0 Å². The Bertz CT molecular complexity index is 118. The van der Waals surface area contributed by atoms with E-state index in [0.717, 1.165) is 25.7 Å². The first-order valence-corrected chi connectivity index (χ1v) is 5.10. The number of allylic oxidation sites excluding steroid dienone is 1. The molecule has 0 heterocycles. The highest BCUT2D eigenvalue weighted by Crippen LogP contribution is 2.15. The number of aliphatic hydroxyl groups is 1. The zero-order valence-corrected chi connectivity index (χ0v) is 8.59. The van der Waals surface area contributed by atoms with Gasteiger partial charge in [0.15, 0.2) is 0 Å². The molecule has 0 saturated heterocycles. The molecule has 0 bridgehead atoms. The summed E-state index contributed by atoms with van der Waals surface area (Å²) in [5.41, 5.74) is 0. The fraction of sp³-hybridized carbons (Fsp3) is 0.818. The average molecular weight is 170 g/mol. The van der Waals surface area contributed by atoms with E-state index in [1.807, 2.05) is 6.92 Å². The van der Waals surface area contributed by atoms with Crippen LogP contribution in [0.4, 0.5) is 0 Å². The molecule has 12 heavy (non-hydrogen) atoms. The van der Waals surface area contributed by atoms with E-state index >= 15 is 0 Å². The SMILES string of the molecule is CC/C=C/C(CCC)C(O)CC. The maximum absolute atomic E-state index is 9.62. The van der Waals surface area contributed by atoms with Crippen LogP contribution >= 0.6 is 0 Å². The highest BCUT2D eigenvalue weighted by molar-refractivity contribution is 4.90. The van der Waals surface area contributed by atoms with Crippen LogP contribution in [0, 0.1) is 5.92 Å². The van der Waals surface area contributed by atoms with Crippen LogP contribution in [0.1, 0.15) is 46.5 Å². The fourth-order valence-electron chi connectivity index (χ4n) is 1.36. The molecule has 0 aliphatic rings. The summed E-state index contributed by atoms with van der Waals surface area (Å²) >= 11 is 0. The minimum atomic E-state index is -0.146. The Morgan fingerprint density at radius 3 is 2.33 bits per heavy atom. The van der Waals surface area contributed by atoms with Gasteiger partial charge in [-0.1, -0.05) is 39.3 Å². The van der Waals surface area contributed by atoms with Crippen molar-refractivity contribution in [1.29, 1.82) is 0 Å². The largest absolute Gasteiger partial charge is 0.393 e. The van der Waals surface area contributed by atoms with Crippen LogP contribution in [0.15, 0.2) is 12.2 Å². The molecular weight excluding hydrogens is 148 g/mol. The van der Waals surface area contributed by atoms with Crippen molar-refractivity contribution in [3.63, 3.8) is 0 Å². The van der Waals surface area contributed by atoms with Gasteiger partial charge in [-0.3, -0.25) is 0 Å². The maximum Gasteiger partial charge on any atom is 0.0600 e. The standard InChI is InChI=1S/C11H22O/c1-4-7-9-10(8-5-2)11(12)6-3/h7,9-12H,4-6,8H2,1-3H3/b9-7+. The van der Waals surface area contributed by atoms with Gasteiger partial charge in [0.25, 0.3) is 0 Å². The molecule has 1 N–H and O–H groups in total. The molecule has 2 unspecified atom stereocenters. The Kier molecular flexibility index (Phi) is 7.17. The van der Waals surface area contributed by atoms with E-state index in [2.05, 4.69) is 26.0 Å². The highest BCUT2D eigenvalue weighted by atomic mass is 16.3. The van der Waals surface area contributed by atoms with Crippen LogP contribution in [0.2, 0.25) is 0 Å². The van der Waals surface area contributed by atoms with Crippen molar-refractivity contribution >= 4 is 0 Å². The van der Waals surface area contributed by atoms with Gasteiger partial charge >= 0.3 is 0 Å². The van der Waals surface area contributed by atoms with Crippen molar-refractivity contribution in [2.24, 2.45) is 5.92 Å². The van der Waals surface area contributed by atoms with Crippen LogP contribution < -0.4 is 0 Å². The van der Waals surface area contributed by atoms with E-state index in [1.165, 1.54) is 0 Å². The lowest BCUT2D eigenvalue weighted by atomic mass is 9.95. The number of aliphatic hydroxyl groups excluding tert-OH is 1. The Hall–Kier alpha value is -0.300. The van der Waals surface area contributed by atoms with Gasteiger partial charge in [-0.05, 0) is 19.3 Å². The third kappa shape index (κ3) is 4.55.